The van der Waals surface area contributed by atoms with Crippen molar-refractivity contribution in [3.05, 3.63) is 16.9 Å². The molecule has 0 saturated heterocycles. The topological polar surface area (TPSA) is 66.7 Å². The first-order valence-corrected chi connectivity index (χ1v) is 1.48. The molecule has 7 heavy (non-hydrogen) atoms. The van der Waals surface area contributed by atoms with Crippen LogP contribution in [0.15, 0.2) is 17.1 Å². The first kappa shape index (κ1) is 5.81. The molecule has 0 atom stereocenters. The van der Waals surface area contributed by atoms with Gasteiger partial charge in [-0.3, -0.25) is 4.79 Å². The average Bonchev–Trinajstić information content (AvgIpc) is 1.72. The molecule has 4 nitrogen and oxygen atoms in total. The third kappa shape index (κ3) is 1.64. The Bertz CT molecular complexity index is 96.7. The highest BCUT2D eigenvalue weighted by atomic mass is 16.3. The normalized spacial score (nSPS) is 10.6. The third-order valence-corrected chi connectivity index (χ3v) is 0.358. The first-order chi connectivity index (χ1) is 3.35. The number of aliphatic hydroxyl groups is 1. The molecule has 0 aromatic heterocycles. The Morgan fingerprint density at radius 2 is 2.29 bits per heavy atom. The molecule has 0 bridgehead atoms. The van der Waals surface area contributed by atoms with Crippen molar-refractivity contribution in [3.63, 3.8) is 0 Å². The van der Waals surface area contributed by atoms with E-state index in [2.05, 4.69) is 5.18 Å². The van der Waals surface area contributed by atoms with Crippen LogP contribution in [0.3, 0.4) is 0 Å². The molecule has 0 fully saturated rings. The van der Waals surface area contributed by atoms with E-state index in [1.165, 1.54) is 0 Å². The average molecular weight is 101 g/mol. The number of nitroso groups, excluding NO2 is 1. The van der Waals surface area contributed by atoms with Crippen LogP contribution in [0.2, 0.25) is 0 Å². The van der Waals surface area contributed by atoms with E-state index in [1.807, 2.05) is 0 Å². The molecule has 0 aliphatic carbocycles. The molecule has 1 N–H and O–H groups in total. The fourth-order valence-corrected chi connectivity index (χ4v) is 0.0755. The van der Waals surface area contributed by atoms with Gasteiger partial charge in [0, 0.05) is 0 Å². The Hall–Kier alpha value is -1.19. The molecule has 0 radical (unpaired) electrons. The van der Waals surface area contributed by atoms with Crippen LogP contribution in [0.4, 0.5) is 0 Å². The number of carbonyl (C=O) groups is 1. The summed E-state index contributed by atoms with van der Waals surface area (Å²) in [7, 11) is 0. The van der Waals surface area contributed by atoms with E-state index in [1.54, 1.807) is 0 Å². The molecule has 0 aromatic carbocycles. The number of aliphatic hydroxyl groups excluding tert-OH is 1. The van der Waals surface area contributed by atoms with Crippen LogP contribution in [-0.4, -0.2) is 11.4 Å². The highest BCUT2D eigenvalue weighted by Gasteiger charge is 1.86. The van der Waals surface area contributed by atoms with Gasteiger partial charge < -0.3 is 5.11 Å². The van der Waals surface area contributed by atoms with E-state index in [-0.39, 0.29) is 6.29 Å². The molecule has 0 heterocycles. The van der Waals surface area contributed by atoms with E-state index in [9.17, 15) is 9.70 Å². The minimum absolute atomic E-state index is 0.160. The van der Waals surface area contributed by atoms with Gasteiger partial charge in [0.05, 0.1) is 0 Å². The van der Waals surface area contributed by atoms with Crippen molar-refractivity contribution in [2.75, 3.05) is 0 Å². The second-order valence-electron chi connectivity index (χ2n) is 0.763. The minimum atomic E-state index is -0.500. The first-order valence-electron chi connectivity index (χ1n) is 1.48. The van der Waals surface area contributed by atoms with Crippen LogP contribution in [-0.2, 0) is 4.79 Å². The summed E-state index contributed by atoms with van der Waals surface area (Å²) >= 11 is 0. The molecule has 0 aliphatic heterocycles. The standard InChI is InChI=1S/C3H3NO3/c5-1-3(2-6)4-7/h1-2,5H. The van der Waals surface area contributed by atoms with E-state index in [0.717, 1.165) is 0 Å². The molecule has 0 aliphatic rings. The number of hydrogen-bond donors (Lipinski definition) is 1. The molecule has 0 unspecified atom stereocenters. The van der Waals surface area contributed by atoms with Crippen LogP contribution in [0, 0.1) is 4.91 Å². The summed E-state index contributed by atoms with van der Waals surface area (Å²) in [4.78, 5) is 18.7. The Balaban J connectivity index is 3.85. The van der Waals surface area contributed by atoms with Gasteiger partial charge in [0.15, 0.2) is 12.0 Å². The Labute approximate surface area is 39.4 Å². The summed E-state index contributed by atoms with van der Waals surface area (Å²) in [5, 5.41) is 9.96. The van der Waals surface area contributed by atoms with E-state index >= 15 is 0 Å². The third-order valence-electron chi connectivity index (χ3n) is 0.358. The molecule has 0 rings (SSSR count). The summed E-state index contributed by atoms with van der Waals surface area (Å²) in [6, 6.07) is 0. The SMILES string of the molecule is O=CC(=CO)N=O. The maximum absolute atomic E-state index is 9.45. The molecule has 38 valence electrons. The molecule has 0 aromatic rings. The summed E-state index contributed by atoms with van der Waals surface area (Å²) in [6.45, 7) is 0. The lowest BCUT2D eigenvalue weighted by Crippen LogP contribution is -1.74. The Morgan fingerprint density at radius 3 is 2.29 bits per heavy atom. The lowest BCUT2D eigenvalue weighted by Gasteiger charge is -1.71. The van der Waals surface area contributed by atoms with Crippen LogP contribution in [0.25, 0.3) is 0 Å². The second-order valence-corrected chi connectivity index (χ2v) is 0.763. The minimum Gasteiger partial charge on any atom is -0.513 e. The van der Waals surface area contributed by atoms with Crippen LogP contribution in [0.1, 0.15) is 0 Å². The molecule has 0 saturated carbocycles. The highest BCUT2D eigenvalue weighted by molar-refractivity contribution is 5.71. The van der Waals surface area contributed by atoms with Crippen molar-refractivity contribution < 1.29 is 9.90 Å². The molecule has 0 amide bonds. The fourth-order valence-electron chi connectivity index (χ4n) is 0.0755. The van der Waals surface area contributed by atoms with Gasteiger partial charge in [0.2, 0.25) is 0 Å². The number of nitrogens with zero attached hydrogens (tertiary/aromatic N) is 1. The lowest BCUT2D eigenvalue weighted by molar-refractivity contribution is -0.105. The van der Waals surface area contributed by atoms with Crippen molar-refractivity contribution in [2.45, 2.75) is 0 Å². The Morgan fingerprint density at radius 1 is 1.71 bits per heavy atom. The highest BCUT2D eigenvalue weighted by Crippen LogP contribution is 1.84. The summed E-state index contributed by atoms with van der Waals surface area (Å²) < 4.78 is 0. The quantitative estimate of drug-likeness (QED) is 0.236. The van der Waals surface area contributed by atoms with Crippen LogP contribution in [0.5, 0.6) is 0 Å². The van der Waals surface area contributed by atoms with Gasteiger partial charge in [-0.25, -0.2) is 0 Å². The molecule has 0 spiro atoms. The van der Waals surface area contributed by atoms with Crippen molar-refractivity contribution in [1.82, 2.24) is 0 Å². The summed E-state index contributed by atoms with van der Waals surface area (Å²) in [5.74, 6) is 0. The zero-order valence-electron chi connectivity index (χ0n) is 3.37. The smallest absolute Gasteiger partial charge is 0.181 e. The van der Waals surface area contributed by atoms with Crippen molar-refractivity contribution in [1.29, 1.82) is 0 Å². The monoisotopic (exact) mass is 101 g/mol. The predicted octanol–water partition coefficient (Wildman–Crippen LogP) is 0.351. The van der Waals surface area contributed by atoms with Gasteiger partial charge in [-0.15, -0.1) is 4.91 Å². The largest absolute Gasteiger partial charge is 0.513 e. The van der Waals surface area contributed by atoms with Gasteiger partial charge in [-0.1, -0.05) is 0 Å². The maximum Gasteiger partial charge on any atom is 0.181 e. The van der Waals surface area contributed by atoms with Gasteiger partial charge in [0.25, 0.3) is 0 Å². The van der Waals surface area contributed by atoms with Crippen molar-refractivity contribution in [3.8, 4) is 0 Å². The maximum atomic E-state index is 9.45. The lowest BCUT2D eigenvalue weighted by atomic mass is 10.6. The number of hydrogen-bond acceptors (Lipinski definition) is 4. The number of aldehydes is 1. The molecular weight excluding hydrogens is 98.0 g/mol. The van der Waals surface area contributed by atoms with E-state index < -0.39 is 5.70 Å². The zero-order chi connectivity index (χ0) is 5.70. The van der Waals surface area contributed by atoms with Gasteiger partial charge in [-0.2, -0.15) is 0 Å². The Kier molecular flexibility index (Phi) is 2.50. The van der Waals surface area contributed by atoms with Crippen LogP contribution < -0.4 is 0 Å². The number of rotatable bonds is 2. The molecule has 4 heteroatoms. The van der Waals surface area contributed by atoms with E-state index in [0.29, 0.717) is 6.26 Å². The fraction of sp³-hybridized carbons (Fsp3) is 0. The van der Waals surface area contributed by atoms with Gasteiger partial charge in [0.1, 0.15) is 6.26 Å². The predicted molar refractivity (Wildman–Crippen MR) is 22.6 cm³/mol. The van der Waals surface area contributed by atoms with Crippen molar-refractivity contribution >= 4 is 6.29 Å². The van der Waals surface area contributed by atoms with E-state index in [4.69, 9.17) is 5.11 Å². The number of carbonyl (C=O) groups excluding carboxylic acids is 1. The van der Waals surface area contributed by atoms with Gasteiger partial charge >= 0.3 is 0 Å². The number of allylic oxidation sites excluding steroid dienone is 1. The van der Waals surface area contributed by atoms with Crippen LogP contribution >= 0.6 is 0 Å². The summed E-state index contributed by atoms with van der Waals surface area (Å²) in [5.41, 5.74) is -0.500. The second kappa shape index (κ2) is 3.02. The van der Waals surface area contributed by atoms with Crippen molar-refractivity contribution in [2.24, 2.45) is 5.18 Å². The summed E-state index contributed by atoms with van der Waals surface area (Å²) in [6.07, 6.45) is 0.507. The zero-order valence-corrected chi connectivity index (χ0v) is 3.37. The molecular formula is C3H3NO3. The van der Waals surface area contributed by atoms with Gasteiger partial charge in [-0.05, 0) is 5.18 Å².